The summed E-state index contributed by atoms with van der Waals surface area (Å²) in [5.74, 6) is -0.574. The molecule has 3 aromatic rings. The first-order valence-corrected chi connectivity index (χ1v) is 8.49. The van der Waals surface area contributed by atoms with E-state index in [1.807, 2.05) is 30.3 Å². The number of esters is 1. The number of aromatic nitrogens is 1. The van der Waals surface area contributed by atoms with Crippen LogP contribution in [0, 0.1) is 0 Å². The van der Waals surface area contributed by atoms with Crippen LogP contribution in [0.4, 0.5) is 13.2 Å². The fourth-order valence-electron chi connectivity index (χ4n) is 2.49. The molecule has 0 aliphatic rings. The number of thiazole rings is 1. The first-order valence-electron chi connectivity index (χ1n) is 7.68. The molecule has 0 unspecified atom stereocenters. The molecule has 0 fully saturated rings. The van der Waals surface area contributed by atoms with Crippen LogP contribution >= 0.6 is 11.3 Å². The topological polar surface area (TPSA) is 39.2 Å². The molecule has 0 radical (unpaired) electrons. The lowest BCUT2D eigenvalue weighted by Crippen LogP contribution is -2.05. The fourth-order valence-corrected chi connectivity index (χ4v) is 3.58. The van der Waals surface area contributed by atoms with Gasteiger partial charge in [-0.05, 0) is 17.2 Å². The van der Waals surface area contributed by atoms with Gasteiger partial charge < -0.3 is 4.74 Å². The van der Waals surface area contributed by atoms with Crippen molar-refractivity contribution in [3.05, 3.63) is 76.4 Å². The Labute approximate surface area is 152 Å². The van der Waals surface area contributed by atoms with Crippen LogP contribution in [-0.2, 0) is 17.3 Å². The van der Waals surface area contributed by atoms with Crippen LogP contribution in [0.5, 0.6) is 0 Å². The predicted octanol–water partition coefficient (Wildman–Crippen LogP) is 5.21. The minimum atomic E-state index is -4.40. The maximum absolute atomic E-state index is 12.9. The SMILES string of the molecule is COC(=O)c1nc(Cc2cccc(C(F)(F)F)c2)sc1-c1ccccc1. The molecule has 134 valence electrons. The zero-order valence-electron chi connectivity index (χ0n) is 13.7. The number of carbonyl (C=O) groups is 1. The van der Waals surface area contributed by atoms with Crippen LogP contribution in [0.15, 0.2) is 54.6 Å². The predicted molar refractivity (Wildman–Crippen MR) is 93.1 cm³/mol. The molecule has 0 amide bonds. The number of halogens is 3. The summed E-state index contributed by atoms with van der Waals surface area (Å²) in [5, 5.41) is 0.545. The first kappa shape index (κ1) is 18.1. The standard InChI is InChI=1S/C19H14F3NO2S/c1-25-18(24)16-17(13-7-3-2-4-8-13)26-15(23-16)11-12-6-5-9-14(10-12)19(20,21)22/h2-10H,11H2,1H3. The van der Waals surface area contributed by atoms with Gasteiger partial charge in [-0.25, -0.2) is 9.78 Å². The Morgan fingerprint density at radius 3 is 2.50 bits per heavy atom. The van der Waals surface area contributed by atoms with E-state index in [-0.39, 0.29) is 12.1 Å². The van der Waals surface area contributed by atoms with E-state index < -0.39 is 17.7 Å². The fraction of sp³-hybridized carbons (Fsp3) is 0.158. The summed E-state index contributed by atoms with van der Waals surface area (Å²) in [6.07, 6.45) is -4.20. The van der Waals surface area contributed by atoms with Crippen LogP contribution in [0.1, 0.15) is 26.6 Å². The molecule has 2 aromatic carbocycles. The smallest absolute Gasteiger partial charge is 0.416 e. The highest BCUT2D eigenvalue weighted by atomic mass is 32.1. The monoisotopic (exact) mass is 377 g/mol. The summed E-state index contributed by atoms with van der Waals surface area (Å²) in [6, 6.07) is 14.3. The highest BCUT2D eigenvalue weighted by Gasteiger charge is 2.30. The Balaban J connectivity index is 1.97. The molecule has 0 saturated carbocycles. The van der Waals surface area contributed by atoms with Crippen LogP contribution in [0.3, 0.4) is 0 Å². The molecule has 3 rings (SSSR count). The van der Waals surface area contributed by atoms with Crippen molar-refractivity contribution >= 4 is 17.3 Å². The molecule has 1 heterocycles. The van der Waals surface area contributed by atoms with Crippen molar-refractivity contribution in [2.24, 2.45) is 0 Å². The van der Waals surface area contributed by atoms with E-state index in [1.54, 1.807) is 6.07 Å². The first-order chi connectivity index (χ1) is 12.4. The van der Waals surface area contributed by atoms with Gasteiger partial charge in [-0.2, -0.15) is 13.2 Å². The highest BCUT2D eigenvalue weighted by molar-refractivity contribution is 7.15. The van der Waals surface area contributed by atoms with Gasteiger partial charge >= 0.3 is 12.1 Å². The summed E-state index contributed by atoms with van der Waals surface area (Å²) in [5.41, 5.74) is 0.749. The number of hydrogen-bond acceptors (Lipinski definition) is 4. The Hall–Kier alpha value is -2.67. The van der Waals surface area contributed by atoms with E-state index in [0.29, 0.717) is 15.4 Å². The number of benzene rings is 2. The molecule has 0 saturated heterocycles. The average molecular weight is 377 g/mol. The molecule has 0 bridgehead atoms. The zero-order valence-corrected chi connectivity index (χ0v) is 14.5. The molecule has 7 heteroatoms. The Morgan fingerprint density at radius 1 is 1.12 bits per heavy atom. The normalized spacial score (nSPS) is 11.4. The Morgan fingerprint density at radius 2 is 1.85 bits per heavy atom. The van der Waals surface area contributed by atoms with Gasteiger partial charge in [0.2, 0.25) is 0 Å². The molecule has 1 aromatic heterocycles. The van der Waals surface area contributed by atoms with E-state index >= 15 is 0 Å². The second kappa shape index (κ2) is 7.29. The molecule has 0 atom stereocenters. The molecule has 26 heavy (non-hydrogen) atoms. The number of ether oxygens (including phenoxy) is 1. The van der Waals surface area contributed by atoms with E-state index in [9.17, 15) is 18.0 Å². The van der Waals surface area contributed by atoms with Gasteiger partial charge in [0, 0.05) is 6.42 Å². The highest BCUT2D eigenvalue weighted by Crippen LogP contribution is 2.33. The molecule has 0 aliphatic heterocycles. The summed E-state index contributed by atoms with van der Waals surface area (Å²) in [4.78, 5) is 17.0. The number of rotatable bonds is 4. The maximum atomic E-state index is 12.9. The second-order valence-electron chi connectivity index (χ2n) is 5.52. The number of methoxy groups -OCH3 is 1. The largest absolute Gasteiger partial charge is 0.464 e. The minimum absolute atomic E-state index is 0.172. The molecular weight excluding hydrogens is 363 g/mol. The van der Waals surface area contributed by atoms with Crippen LogP contribution < -0.4 is 0 Å². The third-order valence-corrected chi connectivity index (χ3v) is 4.80. The molecule has 0 N–H and O–H groups in total. The van der Waals surface area contributed by atoms with Crippen molar-refractivity contribution in [2.45, 2.75) is 12.6 Å². The third kappa shape index (κ3) is 3.94. The second-order valence-corrected chi connectivity index (χ2v) is 6.60. The van der Waals surface area contributed by atoms with Crippen molar-refractivity contribution < 1.29 is 22.7 Å². The summed E-state index contributed by atoms with van der Waals surface area (Å²) in [6.45, 7) is 0. The van der Waals surface area contributed by atoms with E-state index in [1.165, 1.54) is 24.5 Å². The van der Waals surface area contributed by atoms with Crippen molar-refractivity contribution in [3.63, 3.8) is 0 Å². The van der Waals surface area contributed by atoms with Crippen LogP contribution in [-0.4, -0.2) is 18.1 Å². The Kier molecular flexibility index (Phi) is 5.08. The van der Waals surface area contributed by atoms with Crippen molar-refractivity contribution in [3.8, 4) is 10.4 Å². The summed E-state index contributed by atoms with van der Waals surface area (Å²) < 4.78 is 43.4. The maximum Gasteiger partial charge on any atom is 0.416 e. The van der Waals surface area contributed by atoms with E-state index in [0.717, 1.165) is 17.7 Å². The van der Waals surface area contributed by atoms with Gasteiger partial charge in [0.1, 0.15) is 0 Å². The quantitative estimate of drug-likeness (QED) is 0.586. The van der Waals surface area contributed by atoms with Gasteiger partial charge in [0.05, 0.1) is 22.6 Å². The molecular formula is C19H14F3NO2S. The number of carbonyl (C=O) groups excluding carboxylic acids is 1. The number of alkyl halides is 3. The van der Waals surface area contributed by atoms with Gasteiger partial charge in [-0.1, -0.05) is 48.5 Å². The van der Waals surface area contributed by atoms with Gasteiger partial charge in [-0.15, -0.1) is 11.3 Å². The van der Waals surface area contributed by atoms with E-state index in [4.69, 9.17) is 4.74 Å². The van der Waals surface area contributed by atoms with Crippen LogP contribution in [0.2, 0.25) is 0 Å². The number of nitrogens with zero attached hydrogens (tertiary/aromatic N) is 1. The number of hydrogen-bond donors (Lipinski definition) is 0. The average Bonchev–Trinajstić information content (AvgIpc) is 3.05. The lowest BCUT2D eigenvalue weighted by Gasteiger charge is -2.07. The molecule has 0 spiro atoms. The molecule has 3 nitrogen and oxygen atoms in total. The summed E-state index contributed by atoms with van der Waals surface area (Å²) >= 11 is 1.27. The van der Waals surface area contributed by atoms with Gasteiger partial charge in [0.25, 0.3) is 0 Å². The summed E-state index contributed by atoms with van der Waals surface area (Å²) in [7, 11) is 1.27. The van der Waals surface area contributed by atoms with Crippen molar-refractivity contribution in [1.29, 1.82) is 0 Å². The lowest BCUT2D eigenvalue weighted by molar-refractivity contribution is -0.137. The van der Waals surface area contributed by atoms with Crippen molar-refractivity contribution in [1.82, 2.24) is 4.98 Å². The van der Waals surface area contributed by atoms with Crippen LogP contribution in [0.25, 0.3) is 10.4 Å². The third-order valence-electron chi connectivity index (χ3n) is 3.70. The van der Waals surface area contributed by atoms with Crippen molar-refractivity contribution in [2.75, 3.05) is 7.11 Å². The van der Waals surface area contributed by atoms with Gasteiger partial charge in [0.15, 0.2) is 5.69 Å². The zero-order chi connectivity index (χ0) is 18.7. The lowest BCUT2D eigenvalue weighted by atomic mass is 10.1. The molecule has 0 aliphatic carbocycles. The van der Waals surface area contributed by atoms with Gasteiger partial charge in [-0.3, -0.25) is 0 Å². The Bertz CT molecular complexity index is 920. The van der Waals surface area contributed by atoms with E-state index in [2.05, 4.69) is 4.98 Å². The minimum Gasteiger partial charge on any atom is -0.464 e.